The lowest BCUT2D eigenvalue weighted by atomic mass is 9.93. The van der Waals surface area contributed by atoms with Crippen LogP contribution in [-0.4, -0.2) is 62.1 Å². The molecule has 8 nitrogen and oxygen atoms in total. The second kappa shape index (κ2) is 10.2. The lowest BCUT2D eigenvalue weighted by Crippen LogP contribution is -2.71. The Morgan fingerprint density at radius 3 is 2.53 bits per heavy atom. The maximum absolute atomic E-state index is 13.7. The van der Waals surface area contributed by atoms with E-state index in [1.54, 1.807) is 38.1 Å². The fraction of sp³-hybridized carbons (Fsp3) is 0.652. The van der Waals surface area contributed by atoms with Crippen LogP contribution in [0.4, 0.5) is 5.69 Å². The van der Waals surface area contributed by atoms with Crippen molar-refractivity contribution in [1.29, 1.82) is 0 Å². The summed E-state index contributed by atoms with van der Waals surface area (Å²) in [7, 11) is -2.11. The monoisotopic (exact) mass is 465 g/mol. The standard InChI is InChI=1S/C23H35N3O5S/c1-4-14-32(29,30)25-16-21(27)26(19-12-9-13-20(15-19)31-3)23(2,17-25)22(28)24-18-10-7-5-6-8-11-18/h9,12-13,15,18H,4-8,10-11,14,16-17H2,1-3H3,(H,24,28)/t23-/m0/s1. The van der Waals surface area contributed by atoms with Crippen LogP contribution in [0.3, 0.4) is 0 Å². The summed E-state index contributed by atoms with van der Waals surface area (Å²) in [5, 5.41) is 3.14. The van der Waals surface area contributed by atoms with E-state index in [0.717, 1.165) is 38.5 Å². The van der Waals surface area contributed by atoms with Crippen LogP contribution >= 0.6 is 0 Å². The van der Waals surface area contributed by atoms with Crippen LogP contribution in [0.5, 0.6) is 5.75 Å². The van der Waals surface area contributed by atoms with Gasteiger partial charge in [-0.15, -0.1) is 0 Å². The highest BCUT2D eigenvalue weighted by Crippen LogP contribution is 2.33. The van der Waals surface area contributed by atoms with Gasteiger partial charge in [-0.1, -0.05) is 38.7 Å². The van der Waals surface area contributed by atoms with Gasteiger partial charge in [-0.3, -0.25) is 14.5 Å². The van der Waals surface area contributed by atoms with Gasteiger partial charge < -0.3 is 10.1 Å². The van der Waals surface area contributed by atoms with Gasteiger partial charge in [0, 0.05) is 24.3 Å². The lowest BCUT2D eigenvalue weighted by molar-refractivity contribution is -0.133. The Kier molecular flexibility index (Phi) is 7.82. The van der Waals surface area contributed by atoms with Crippen molar-refractivity contribution in [3.8, 4) is 5.75 Å². The Bertz CT molecular complexity index is 927. The maximum atomic E-state index is 13.7. The van der Waals surface area contributed by atoms with E-state index < -0.39 is 21.5 Å². The van der Waals surface area contributed by atoms with Crippen molar-refractivity contribution in [3.63, 3.8) is 0 Å². The number of piperazine rings is 1. The normalized spacial score (nSPS) is 23.6. The molecule has 0 radical (unpaired) electrons. The number of benzene rings is 1. The molecule has 2 amide bonds. The number of nitrogens with zero attached hydrogens (tertiary/aromatic N) is 2. The number of rotatable bonds is 7. The van der Waals surface area contributed by atoms with Crippen LogP contribution < -0.4 is 15.0 Å². The molecule has 1 saturated heterocycles. The summed E-state index contributed by atoms with van der Waals surface area (Å²) in [6, 6.07) is 7.00. The van der Waals surface area contributed by atoms with Crippen LogP contribution in [-0.2, 0) is 19.6 Å². The summed E-state index contributed by atoms with van der Waals surface area (Å²) in [6.07, 6.45) is 6.65. The number of amides is 2. The Hall–Kier alpha value is -2.13. The maximum Gasteiger partial charge on any atom is 0.247 e. The third-order valence-electron chi connectivity index (χ3n) is 6.39. The molecule has 1 aromatic rings. The van der Waals surface area contributed by atoms with Gasteiger partial charge in [0.05, 0.1) is 19.4 Å². The minimum atomic E-state index is -3.65. The summed E-state index contributed by atoms with van der Waals surface area (Å²) in [5.41, 5.74) is -0.866. The van der Waals surface area contributed by atoms with Crippen LogP contribution in [0.2, 0.25) is 0 Å². The van der Waals surface area contributed by atoms with Gasteiger partial charge in [-0.05, 0) is 38.3 Å². The zero-order valence-electron chi connectivity index (χ0n) is 19.3. The Morgan fingerprint density at radius 2 is 1.91 bits per heavy atom. The molecular weight excluding hydrogens is 430 g/mol. The Labute approximate surface area is 191 Å². The van der Waals surface area contributed by atoms with Crippen molar-refractivity contribution in [3.05, 3.63) is 24.3 Å². The van der Waals surface area contributed by atoms with Crippen molar-refractivity contribution in [2.45, 2.75) is 70.4 Å². The van der Waals surface area contributed by atoms with Crippen molar-refractivity contribution >= 4 is 27.5 Å². The first-order valence-corrected chi connectivity index (χ1v) is 13.1. The summed E-state index contributed by atoms with van der Waals surface area (Å²) in [6.45, 7) is 3.07. The Morgan fingerprint density at radius 1 is 1.22 bits per heavy atom. The molecule has 0 spiro atoms. The topological polar surface area (TPSA) is 96.0 Å². The lowest BCUT2D eigenvalue weighted by Gasteiger charge is -2.47. The average Bonchev–Trinajstić information content (AvgIpc) is 3.02. The van der Waals surface area contributed by atoms with Crippen LogP contribution in [0.15, 0.2) is 24.3 Å². The summed E-state index contributed by atoms with van der Waals surface area (Å²) < 4.78 is 32.1. The summed E-state index contributed by atoms with van der Waals surface area (Å²) in [5.74, 6) is -0.248. The van der Waals surface area contributed by atoms with Crippen molar-refractivity contribution < 1.29 is 22.7 Å². The zero-order chi connectivity index (χ0) is 23.4. The van der Waals surface area contributed by atoms with Gasteiger partial charge >= 0.3 is 0 Å². The van der Waals surface area contributed by atoms with Gasteiger partial charge in [0.15, 0.2) is 0 Å². The molecule has 1 aliphatic carbocycles. The largest absolute Gasteiger partial charge is 0.497 e. The average molecular weight is 466 g/mol. The first-order chi connectivity index (χ1) is 15.2. The van der Waals surface area contributed by atoms with E-state index in [2.05, 4.69) is 5.32 Å². The zero-order valence-corrected chi connectivity index (χ0v) is 20.1. The van der Waals surface area contributed by atoms with Crippen LogP contribution in [0, 0.1) is 0 Å². The van der Waals surface area contributed by atoms with Gasteiger partial charge in [0.1, 0.15) is 11.3 Å². The van der Waals surface area contributed by atoms with Gasteiger partial charge in [0.25, 0.3) is 0 Å². The molecular formula is C23H35N3O5S. The third-order valence-corrected chi connectivity index (χ3v) is 8.35. The number of ether oxygens (including phenoxy) is 1. The number of hydrogen-bond donors (Lipinski definition) is 1. The molecule has 1 atom stereocenters. The molecule has 178 valence electrons. The molecule has 1 aliphatic heterocycles. The number of anilines is 1. The third kappa shape index (κ3) is 5.26. The molecule has 0 bridgehead atoms. The van der Waals surface area contributed by atoms with Crippen molar-refractivity contribution in [2.24, 2.45) is 0 Å². The minimum absolute atomic E-state index is 0.0340. The molecule has 9 heteroatoms. The number of nitrogens with one attached hydrogen (secondary N) is 1. The Balaban J connectivity index is 1.98. The predicted octanol–water partition coefficient (Wildman–Crippen LogP) is 2.68. The minimum Gasteiger partial charge on any atom is -0.497 e. The molecule has 3 rings (SSSR count). The number of methoxy groups -OCH3 is 1. The SMILES string of the molecule is CCCS(=O)(=O)N1CC(=O)N(c2cccc(OC)c2)[C@](C)(C(=O)NC2CCCCCC2)C1. The van der Waals surface area contributed by atoms with Crippen LogP contribution in [0.1, 0.15) is 58.8 Å². The second-order valence-electron chi connectivity index (χ2n) is 8.95. The van der Waals surface area contributed by atoms with E-state index in [0.29, 0.717) is 17.9 Å². The number of hydrogen-bond acceptors (Lipinski definition) is 5. The van der Waals surface area contributed by atoms with Gasteiger partial charge in [-0.25, -0.2) is 8.42 Å². The quantitative estimate of drug-likeness (QED) is 0.625. The molecule has 0 aromatic heterocycles. The number of carbonyl (C=O) groups excluding carboxylic acids is 2. The molecule has 1 N–H and O–H groups in total. The van der Waals surface area contributed by atoms with E-state index in [4.69, 9.17) is 4.74 Å². The summed E-state index contributed by atoms with van der Waals surface area (Å²) >= 11 is 0. The highest BCUT2D eigenvalue weighted by Gasteiger charge is 2.51. The summed E-state index contributed by atoms with van der Waals surface area (Å²) in [4.78, 5) is 28.4. The number of sulfonamides is 1. The molecule has 1 aromatic carbocycles. The highest BCUT2D eigenvalue weighted by molar-refractivity contribution is 7.89. The molecule has 1 saturated carbocycles. The molecule has 1 heterocycles. The predicted molar refractivity (Wildman–Crippen MR) is 124 cm³/mol. The van der Waals surface area contributed by atoms with E-state index in [-0.39, 0.29) is 30.8 Å². The van der Waals surface area contributed by atoms with Crippen LogP contribution in [0.25, 0.3) is 0 Å². The first kappa shape index (κ1) is 24.5. The highest BCUT2D eigenvalue weighted by atomic mass is 32.2. The first-order valence-electron chi connectivity index (χ1n) is 11.5. The van der Waals surface area contributed by atoms with E-state index in [9.17, 15) is 18.0 Å². The van der Waals surface area contributed by atoms with Crippen molar-refractivity contribution in [2.75, 3.05) is 30.9 Å². The fourth-order valence-electron chi connectivity index (χ4n) is 4.67. The molecule has 2 fully saturated rings. The second-order valence-corrected chi connectivity index (χ2v) is 11.0. The molecule has 32 heavy (non-hydrogen) atoms. The fourth-order valence-corrected chi connectivity index (χ4v) is 6.20. The molecule has 0 unspecified atom stereocenters. The van der Waals surface area contributed by atoms with Crippen molar-refractivity contribution in [1.82, 2.24) is 9.62 Å². The van der Waals surface area contributed by atoms with E-state index in [1.807, 2.05) is 0 Å². The van der Waals surface area contributed by atoms with Gasteiger partial charge in [-0.2, -0.15) is 4.31 Å². The van der Waals surface area contributed by atoms with E-state index >= 15 is 0 Å². The molecule has 2 aliphatic rings. The smallest absolute Gasteiger partial charge is 0.247 e. The van der Waals surface area contributed by atoms with E-state index in [1.165, 1.54) is 16.3 Å². The van der Waals surface area contributed by atoms with Gasteiger partial charge in [0.2, 0.25) is 21.8 Å². The number of carbonyl (C=O) groups is 2.